The molecule has 0 spiro atoms. The minimum absolute atomic E-state index is 0.0907. The number of aromatic nitrogens is 2. The van der Waals surface area contributed by atoms with Crippen molar-refractivity contribution in [2.75, 3.05) is 0 Å². The van der Waals surface area contributed by atoms with Crippen molar-refractivity contribution in [2.24, 2.45) is 0 Å². The van der Waals surface area contributed by atoms with E-state index < -0.39 is 0 Å². The van der Waals surface area contributed by atoms with Crippen LogP contribution in [0.3, 0.4) is 0 Å². The maximum absolute atomic E-state index is 13.2. The maximum Gasteiger partial charge on any atom is 0.254 e. The van der Waals surface area contributed by atoms with Crippen LogP contribution >= 0.6 is 0 Å². The number of imidazole rings is 1. The second kappa shape index (κ2) is 6.97. The molecule has 28 heavy (non-hydrogen) atoms. The van der Waals surface area contributed by atoms with Crippen LogP contribution in [0.5, 0.6) is 0 Å². The molecule has 5 rings (SSSR count). The van der Waals surface area contributed by atoms with Gasteiger partial charge in [-0.1, -0.05) is 48.5 Å². The van der Waals surface area contributed by atoms with E-state index in [-0.39, 0.29) is 5.91 Å². The van der Waals surface area contributed by atoms with E-state index in [0.717, 1.165) is 40.9 Å². The smallest absolute Gasteiger partial charge is 0.254 e. The Morgan fingerprint density at radius 3 is 2.39 bits per heavy atom. The number of carbonyl (C=O) groups is 1. The second-order valence-electron chi connectivity index (χ2n) is 7.29. The molecule has 1 aliphatic carbocycles. The molecule has 1 aliphatic rings. The lowest BCUT2D eigenvalue weighted by Gasteiger charge is -2.22. The van der Waals surface area contributed by atoms with Gasteiger partial charge in [0.05, 0.1) is 18.4 Å². The molecule has 4 nitrogen and oxygen atoms in total. The fourth-order valence-corrected chi connectivity index (χ4v) is 3.63. The monoisotopic (exact) mass is 367 g/mol. The first-order valence-corrected chi connectivity index (χ1v) is 9.67. The summed E-state index contributed by atoms with van der Waals surface area (Å²) < 4.78 is 2.06. The third-order valence-corrected chi connectivity index (χ3v) is 5.31. The van der Waals surface area contributed by atoms with Crippen LogP contribution in [0.1, 0.15) is 28.9 Å². The molecule has 2 aromatic carbocycles. The fraction of sp³-hybridized carbons (Fsp3) is 0.167. The number of nitrogens with zero attached hydrogens (tertiary/aromatic N) is 3. The van der Waals surface area contributed by atoms with Crippen molar-refractivity contribution in [3.63, 3.8) is 0 Å². The molecule has 138 valence electrons. The molecule has 0 unspecified atom stereocenters. The molecular formula is C24H21N3O. The molecule has 1 saturated carbocycles. The van der Waals surface area contributed by atoms with E-state index in [1.165, 1.54) is 0 Å². The van der Waals surface area contributed by atoms with E-state index in [2.05, 4.69) is 21.5 Å². The Kier molecular flexibility index (Phi) is 4.17. The summed E-state index contributed by atoms with van der Waals surface area (Å²) >= 11 is 0. The van der Waals surface area contributed by atoms with E-state index in [4.69, 9.17) is 0 Å². The molecule has 4 heteroatoms. The predicted octanol–water partition coefficient (Wildman–Crippen LogP) is 4.81. The maximum atomic E-state index is 13.2. The second-order valence-corrected chi connectivity index (χ2v) is 7.29. The molecule has 0 atom stereocenters. The highest BCUT2D eigenvalue weighted by molar-refractivity contribution is 5.95. The van der Waals surface area contributed by atoms with Gasteiger partial charge in [-0.15, -0.1) is 0 Å². The highest BCUT2D eigenvalue weighted by atomic mass is 16.2. The van der Waals surface area contributed by atoms with Gasteiger partial charge in [0.25, 0.3) is 5.91 Å². The molecule has 0 saturated heterocycles. The van der Waals surface area contributed by atoms with Crippen LogP contribution in [0.2, 0.25) is 0 Å². The number of fused-ring (bicyclic) bond motifs is 1. The summed E-state index contributed by atoms with van der Waals surface area (Å²) in [6.45, 7) is 0.578. The fourth-order valence-electron chi connectivity index (χ4n) is 3.63. The number of hydrogen-bond acceptors (Lipinski definition) is 2. The standard InChI is InChI=1S/C24H21N3O/c28-24(20-11-9-19(10-12-20)18-6-2-1-3-7-18)27(21-13-14-21)17-22-16-25-23-8-4-5-15-26(22)23/h1-12,15-16,21H,13-14,17H2. The third-order valence-electron chi connectivity index (χ3n) is 5.31. The number of carbonyl (C=O) groups excluding carboxylic acids is 1. The molecule has 2 aromatic heterocycles. The molecule has 4 aromatic rings. The van der Waals surface area contributed by atoms with Crippen LogP contribution in [-0.4, -0.2) is 26.2 Å². The van der Waals surface area contributed by atoms with Crippen molar-refractivity contribution in [1.82, 2.24) is 14.3 Å². The van der Waals surface area contributed by atoms with E-state index in [1.54, 1.807) is 0 Å². The summed E-state index contributed by atoms with van der Waals surface area (Å²) in [6.07, 6.45) is 6.02. The van der Waals surface area contributed by atoms with E-state index in [1.807, 2.05) is 78.0 Å². The van der Waals surface area contributed by atoms with Crippen molar-refractivity contribution < 1.29 is 4.79 Å². The van der Waals surface area contributed by atoms with Gasteiger partial charge < -0.3 is 9.30 Å². The average Bonchev–Trinajstić information content (AvgIpc) is 3.52. The van der Waals surface area contributed by atoms with Crippen LogP contribution in [0, 0.1) is 0 Å². The SMILES string of the molecule is O=C(c1ccc(-c2ccccc2)cc1)N(Cc1cnc2ccccn12)C1CC1. The highest BCUT2D eigenvalue weighted by Gasteiger charge is 2.33. The zero-order valence-corrected chi connectivity index (χ0v) is 15.5. The predicted molar refractivity (Wildman–Crippen MR) is 110 cm³/mol. The zero-order valence-electron chi connectivity index (χ0n) is 15.5. The van der Waals surface area contributed by atoms with Gasteiger partial charge in [-0.25, -0.2) is 4.98 Å². The van der Waals surface area contributed by atoms with Gasteiger partial charge in [-0.05, 0) is 48.2 Å². The van der Waals surface area contributed by atoms with Gasteiger partial charge in [-0.2, -0.15) is 0 Å². The summed E-state index contributed by atoms with van der Waals surface area (Å²) in [7, 11) is 0. The molecule has 0 aliphatic heterocycles. The van der Waals surface area contributed by atoms with E-state index >= 15 is 0 Å². The van der Waals surface area contributed by atoms with Crippen LogP contribution in [-0.2, 0) is 6.54 Å². The Balaban J connectivity index is 1.40. The molecule has 1 amide bonds. The van der Waals surface area contributed by atoms with Crippen LogP contribution in [0.15, 0.2) is 85.2 Å². The van der Waals surface area contributed by atoms with Gasteiger partial charge >= 0.3 is 0 Å². The van der Waals surface area contributed by atoms with Gasteiger partial charge in [0.2, 0.25) is 0 Å². The minimum Gasteiger partial charge on any atom is -0.330 e. The Labute approximate surface area is 164 Å². The van der Waals surface area contributed by atoms with Crippen molar-refractivity contribution in [2.45, 2.75) is 25.4 Å². The first kappa shape index (κ1) is 16.8. The minimum atomic E-state index is 0.0907. The average molecular weight is 367 g/mol. The number of rotatable bonds is 5. The van der Waals surface area contributed by atoms with E-state index in [0.29, 0.717) is 12.6 Å². The highest BCUT2D eigenvalue weighted by Crippen LogP contribution is 2.30. The number of hydrogen-bond donors (Lipinski definition) is 0. The van der Waals surface area contributed by atoms with Gasteiger partial charge in [0, 0.05) is 17.8 Å². The Bertz CT molecular complexity index is 1110. The van der Waals surface area contributed by atoms with Gasteiger partial charge in [-0.3, -0.25) is 4.79 Å². The van der Waals surface area contributed by atoms with Crippen LogP contribution in [0.4, 0.5) is 0 Å². The molecule has 0 bridgehead atoms. The van der Waals surface area contributed by atoms with Crippen LogP contribution < -0.4 is 0 Å². The van der Waals surface area contributed by atoms with Crippen molar-refractivity contribution in [1.29, 1.82) is 0 Å². The largest absolute Gasteiger partial charge is 0.330 e. The summed E-state index contributed by atoms with van der Waals surface area (Å²) in [5, 5.41) is 0. The topological polar surface area (TPSA) is 37.6 Å². The van der Waals surface area contributed by atoms with Crippen LogP contribution in [0.25, 0.3) is 16.8 Å². The van der Waals surface area contributed by atoms with E-state index in [9.17, 15) is 4.79 Å². The van der Waals surface area contributed by atoms with Crippen molar-refractivity contribution in [3.05, 3.63) is 96.4 Å². The Hall–Kier alpha value is -3.40. The lowest BCUT2D eigenvalue weighted by molar-refractivity contribution is 0.0727. The quantitative estimate of drug-likeness (QED) is 0.508. The Morgan fingerprint density at radius 1 is 0.929 bits per heavy atom. The normalized spacial score (nSPS) is 13.6. The lowest BCUT2D eigenvalue weighted by Crippen LogP contribution is -2.33. The lowest BCUT2D eigenvalue weighted by atomic mass is 10.0. The first-order chi connectivity index (χ1) is 13.8. The van der Waals surface area contributed by atoms with Crippen molar-refractivity contribution in [3.8, 4) is 11.1 Å². The molecular weight excluding hydrogens is 346 g/mol. The van der Waals surface area contributed by atoms with Gasteiger partial charge in [0.15, 0.2) is 0 Å². The first-order valence-electron chi connectivity index (χ1n) is 9.67. The summed E-state index contributed by atoms with van der Waals surface area (Å²) in [5.74, 6) is 0.0907. The molecule has 0 N–H and O–H groups in total. The summed E-state index contributed by atoms with van der Waals surface area (Å²) in [4.78, 5) is 19.7. The third kappa shape index (κ3) is 3.18. The molecule has 0 radical (unpaired) electrons. The number of pyridine rings is 1. The Morgan fingerprint density at radius 2 is 1.64 bits per heavy atom. The molecule has 1 fully saturated rings. The zero-order chi connectivity index (χ0) is 18.9. The van der Waals surface area contributed by atoms with Gasteiger partial charge in [0.1, 0.15) is 5.65 Å². The summed E-state index contributed by atoms with van der Waals surface area (Å²) in [5.41, 5.74) is 4.97. The summed E-state index contributed by atoms with van der Waals surface area (Å²) in [6, 6.07) is 24.4. The number of amides is 1. The van der Waals surface area contributed by atoms with Crippen molar-refractivity contribution >= 4 is 11.6 Å². The molecule has 2 heterocycles. The number of benzene rings is 2.